The summed E-state index contributed by atoms with van der Waals surface area (Å²) < 4.78 is 18.8. The van der Waals surface area contributed by atoms with E-state index in [0.717, 1.165) is 23.7 Å². The van der Waals surface area contributed by atoms with Crippen molar-refractivity contribution >= 4 is 27.5 Å². The van der Waals surface area contributed by atoms with E-state index < -0.39 is 0 Å². The van der Waals surface area contributed by atoms with E-state index in [4.69, 9.17) is 16.3 Å². The van der Waals surface area contributed by atoms with Crippen LogP contribution < -0.4 is 0 Å². The molecule has 1 aromatic carbocycles. The smallest absolute Gasteiger partial charge is 0.125 e. The van der Waals surface area contributed by atoms with Crippen LogP contribution >= 0.6 is 27.5 Å². The van der Waals surface area contributed by atoms with Crippen LogP contribution in [-0.2, 0) is 4.74 Å². The summed E-state index contributed by atoms with van der Waals surface area (Å²) in [5.74, 6) is -0.302. The summed E-state index contributed by atoms with van der Waals surface area (Å²) in [6, 6.07) is 4.57. The van der Waals surface area contributed by atoms with Crippen LogP contribution in [0.2, 0.25) is 5.02 Å². The lowest BCUT2D eigenvalue weighted by Crippen LogP contribution is -2.07. The third kappa shape index (κ3) is 2.71. The molecule has 0 aromatic heterocycles. The minimum absolute atomic E-state index is 0.0132. The van der Waals surface area contributed by atoms with Crippen molar-refractivity contribution in [2.45, 2.75) is 25.0 Å². The first-order valence-electron chi connectivity index (χ1n) is 4.86. The molecule has 0 N–H and O–H groups in total. The monoisotopic (exact) mass is 292 g/mol. The van der Waals surface area contributed by atoms with E-state index in [2.05, 4.69) is 15.9 Å². The van der Waals surface area contributed by atoms with Gasteiger partial charge in [0.05, 0.1) is 12.2 Å². The lowest BCUT2D eigenvalue weighted by molar-refractivity contribution is 0.0586. The quantitative estimate of drug-likeness (QED) is 0.746. The van der Waals surface area contributed by atoms with Crippen LogP contribution in [-0.4, -0.2) is 11.4 Å². The van der Waals surface area contributed by atoms with Gasteiger partial charge in [-0.2, -0.15) is 0 Å². The van der Waals surface area contributed by atoms with Gasteiger partial charge in [-0.25, -0.2) is 4.39 Å². The number of ether oxygens (including phenoxy) is 1. The van der Waals surface area contributed by atoms with Crippen molar-refractivity contribution < 1.29 is 9.13 Å². The molecule has 0 spiro atoms. The standard InChI is InChI=1S/C11H11BrClFO/c12-6-10-1-2-11(15-10)7-3-8(13)5-9(14)4-7/h3-5,10-11H,1-2,6H2. The molecule has 4 heteroatoms. The molecule has 1 nitrogen and oxygen atoms in total. The molecule has 0 radical (unpaired) electrons. The number of alkyl halides is 1. The Morgan fingerprint density at radius 2 is 2.20 bits per heavy atom. The van der Waals surface area contributed by atoms with Gasteiger partial charge < -0.3 is 4.74 Å². The first kappa shape index (κ1) is 11.4. The Labute approximate surface area is 102 Å². The number of hydrogen-bond donors (Lipinski definition) is 0. The zero-order chi connectivity index (χ0) is 10.8. The molecule has 82 valence electrons. The van der Waals surface area contributed by atoms with Crippen LogP contribution in [0.25, 0.3) is 0 Å². The lowest BCUT2D eigenvalue weighted by atomic mass is 10.1. The Morgan fingerprint density at radius 3 is 2.80 bits per heavy atom. The maximum Gasteiger partial charge on any atom is 0.125 e. The predicted octanol–water partition coefficient (Wildman–Crippen LogP) is 4.09. The van der Waals surface area contributed by atoms with Gasteiger partial charge in [-0.3, -0.25) is 0 Å². The second-order valence-electron chi connectivity index (χ2n) is 3.68. The van der Waals surface area contributed by atoms with Gasteiger partial charge in [0.15, 0.2) is 0 Å². The predicted molar refractivity (Wildman–Crippen MR) is 62.1 cm³/mol. The number of hydrogen-bond acceptors (Lipinski definition) is 1. The van der Waals surface area contributed by atoms with Gasteiger partial charge in [0, 0.05) is 10.4 Å². The molecule has 1 aliphatic rings. The van der Waals surface area contributed by atoms with E-state index in [9.17, 15) is 4.39 Å². The van der Waals surface area contributed by atoms with Crippen molar-refractivity contribution in [2.75, 3.05) is 5.33 Å². The Bertz CT molecular complexity index is 338. The molecule has 2 atom stereocenters. The third-order valence-corrected chi connectivity index (χ3v) is 3.48. The highest BCUT2D eigenvalue weighted by molar-refractivity contribution is 9.09. The van der Waals surface area contributed by atoms with E-state index in [1.165, 1.54) is 12.1 Å². The molecule has 1 aliphatic heterocycles. The second kappa shape index (κ2) is 4.81. The second-order valence-corrected chi connectivity index (χ2v) is 4.77. The van der Waals surface area contributed by atoms with Crippen molar-refractivity contribution in [3.05, 3.63) is 34.6 Å². The summed E-state index contributed by atoms with van der Waals surface area (Å²) in [5.41, 5.74) is 0.837. The first-order chi connectivity index (χ1) is 7.19. The summed E-state index contributed by atoms with van der Waals surface area (Å²) in [6.07, 6.45) is 2.15. The van der Waals surface area contributed by atoms with E-state index in [-0.39, 0.29) is 18.0 Å². The Hall–Kier alpha value is -0.120. The summed E-state index contributed by atoms with van der Waals surface area (Å²) in [5, 5.41) is 1.25. The topological polar surface area (TPSA) is 9.23 Å². The third-order valence-electron chi connectivity index (χ3n) is 2.54. The Kier molecular flexibility index (Phi) is 3.65. The molecule has 15 heavy (non-hydrogen) atoms. The Balaban J connectivity index is 2.16. The van der Waals surface area contributed by atoms with E-state index >= 15 is 0 Å². The van der Waals surface area contributed by atoms with Crippen LogP contribution in [0.1, 0.15) is 24.5 Å². The minimum atomic E-state index is -0.302. The zero-order valence-electron chi connectivity index (χ0n) is 8.05. The average molecular weight is 294 g/mol. The molecule has 1 fully saturated rings. The van der Waals surface area contributed by atoms with Gasteiger partial charge in [-0.1, -0.05) is 27.5 Å². The molecule has 2 rings (SSSR count). The molecule has 0 bridgehead atoms. The maximum absolute atomic E-state index is 13.1. The Morgan fingerprint density at radius 1 is 1.40 bits per heavy atom. The van der Waals surface area contributed by atoms with Crippen LogP contribution in [0.15, 0.2) is 18.2 Å². The fourth-order valence-electron chi connectivity index (χ4n) is 1.83. The van der Waals surface area contributed by atoms with Crippen molar-refractivity contribution in [3.63, 3.8) is 0 Å². The van der Waals surface area contributed by atoms with E-state index in [0.29, 0.717) is 5.02 Å². The maximum atomic E-state index is 13.1. The van der Waals surface area contributed by atoms with Gasteiger partial charge >= 0.3 is 0 Å². The molecule has 2 unspecified atom stereocenters. The van der Waals surface area contributed by atoms with Gasteiger partial charge in [-0.05, 0) is 36.6 Å². The molecule has 0 amide bonds. The van der Waals surface area contributed by atoms with Gasteiger partial charge in [-0.15, -0.1) is 0 Å². The van der Waals surface area contributed by atoms with Crippen molar-refractivity contribution in [3.8, 4) is 0 Å². The van der Waals surface area contributed by atoms with E-state index in [1.54, 1.807) is 6.07 Å². The normalized spacial score (nSPS) is 25.8. The van der Waals surface area contributed by atoms with Crippen molar-refractivity contribution in [2.24, 2.45) is 0 Å². The van der Waals surface area contributed by atoms with Gasteiger partial charge in [0.2, 0.25) is 0 Å². The fourth-order valence-corrected chi connectivity index (χ4v) is 2.53. The summed E-state index contributed by atoms with van der Waals surface area (Å²) in [6.45, 7) is 0. The lowest BCUT2D eigenvalue weighted by Gasteiger charge is -2.12. The van der Waals surface area contributed by atoms with Crippen LogP contribution in [0.4, 0.5) is 4.39 Å². The molecular weight excluding hydrogens is 282 g/mol. The molecule has 1 saturated heterocycles. The molecule has 1 aromatic rings. The van der Waals surface area contributed by atoms with Gasteiger partial charge in [0.25, 0.3) is 0 Å². The summed E-state index contributed by atoms with van der Waals surface area (Å²) in [7, 11) is 0. The number of halogens is 3. The number of benzene rings is 1. The summed E-state index contributed by atoms with van der Waals surface area (Å²) >= 11 is 9.17. The van der Waals surface area contributed by atoms with Gasteiger partial charge in [0.1, 0.15) is 5.82 Å². The largest absolute Gasteiger partial charge is 0.369 e. The SMILES string of the molecule is Fc1cc(Cl)cc(C2CCC(CBr)O2)c1. The van der Waals surface area contributed by atoms with Crippen LogP contribution in [0.5, 0.6) is 0 Å². The van der Waals surface area contributed by atoms with Crippen molar-refractivity contribution in [1.29, 1.82) is 0 Å². The number of rotatable bonds is 2. The zero-order valence-corrected chi connectivity index (χ0v) is 10.4. The van der Waals surface area contributed by atoms with Crippen molar-refractivity contribution in [1.82, 2.24) is 0 Å². The molecule has 0 saturated carbocycles. The summed E-state index contributed by atoms with van der Waals surface area (Å²) in [4.78, 5) is 0. The molecular formula is C11H11BrClFO. The van der Waals surface area contributed by atoms with Crippen LogP contribution in [0, 0.1) is 5.82 Å². The highest BCUT2D eigenvalue weighted by atomic mass is 79.9. The highest BCUT2D eigenvalue weighted by Gasteiger charge is 2.26. The highest BCUT2D eigenvalue weighted by Crippen LogP contribution is 2.34. The average Bonchev–Trinajstić information content (AvgIpc) is 2.64. The van der Waals surface area contributed by atoms with E-state index in [1.807, 2.05) is 0 Å². The van der Waals surface area contributed by atoms with Crippen LogP contribution in [0.3, 0.4) is 0 Å². The molecule has 0 aliphatic carbocycles. The molecule has 1 heterocycles. The minimum Gasteiger partial charge on any atom is -0.369 e. The fraction of sp³-hybridized carbons (Fsp3) is 0.455. The first-order valence-corrected chi connectivity index (χ1v) is 6.36.